The van der Waals surface area contributed by atoms with Gasteiger partial charge in [0.1, 0.15) is 5.52 Å². The minimum Gasteiger partial charge on any atom is -0.371 e. The van der Waals surface area contributed by atoms with Gasteiger partial charge in [0.2, 0.25) is 6.41 Å². The van der Waals surface area contributed by atoms with Crippen molar-refractivity contribution in [1.29, 1.82) is 0 Å². The molecule has 32 heavy (non-hydrogen) atoms. The lowest BCUT2D eigenvalue weighted by Crippen LogP contribution is -2.37. The quantitative estimate of drug-likeness (QED) is 0.574. The van der Waals surface area contributed by atoms with Crippen LogP contribution in [-0.4, -0.2) is 49.8 Å². The van der Waals surface area contributed by atoms with E-state index >= 15 is 0 Å². The predicted octanol–water partition coefficient (Wildman–Crippen LogP) is 2.04. The van der Waals surface area contributed by atoms with Crippen LogP contribution in [0.25, 0.3) is 22.0 Å². The molecule has 1 saturated carbocycles. The molecular weight excluding hydrogens is 428 g/mol. The van der Waals surface area contributed by atoms with Crippen molar-refractivity contribution in [3.05, 3.63) is 47.0 Å². The van der Waals surface area contributed by atoms with Crippen LogP contribution in [0.1, 0.15) is 19.3 Å². The Morgan fingerprint density at radius 3 is 2.62 bits per heavy atom. The molecule has 0 radical (unpaired) electrons. The third-order valence-electron chi connectivity index (χ3n) is 7.14. The van der Waals surface area contributed by atoms with Gasteiger partial charge >= 0.3 is 0 Å². The summed E-state index contributed by atoms with van der Waals surface area (Å²) >= 11 is 0. The highest BCUT2D eigenvalue weighted by atomic mass is 32.2. The van der Waals surface area contributed by atoms with E-state index < -0.39 is 9.84 Å². The number of carbonyl (C=O) groups is 1. The zero-order chi connectivity index (χ0) is 22.7. The van der Waals surface area contributed by atoms with E-state index in [4.69, 9.17) is 0 Å². The van der Waals surface area contributed by atoms with Crippen LogP contribution in [0.2, 0.25) is 0 Å². The van der Waals surface area contributed by atoms with Crippen LogP contribution in [0, 0.1) is 5.41 Å². The topological polar surface area (TPSA) is 104 Å². The van der Waals surface area contributed by atoms with Crippen LogP contribution in [0.4, 0.5) is 5.69 Å². The van der Waals surface area contributed by atoms with Crippen LogP contribution >= 0.6 is 0 Å². The first kappa shape index (κ1) is 20.8. The summed E-state index contributed by atoms with van der Waals surface area (Å²) in [6.07, 6.45) is 8.46. The molecule has 2 aliphatic rings. The lowest BCUT2D eigenvalue weighted by atomic mass is 9.91. The number of anilines is 1. The van der Waals surface area contributed by atoms with E-state index in [9.17, 15) is 18.0 Å². The summed E-state index contributed by atoms with van der Waals surface area (Å²) in [6, 6.07) is 7.37. The van der Waals surface area contributed by atoms with Crippen molar-refractivity contribution < 1.29 is 13.2 Å². The molecule has 3 aromatic rings. The third kappa shape index (κ3) is 3.31. The molecule has 168 valence electrons. The Labute approximate surface area is 186 Å². The molecule has 1 aliphatic heterocycles. The van der Waals surface area contributed by atoms with Crippen molar-refractivity contribution >= 4 is 32.8 Å². The molecule has 1 unspecified atom stereocenters. The SMILES string of the molecule is Cn1cc(-c2cc(S(C)(=O)=O)ccc2N2CCC3(CC2)CC3NC=O)c2cc[nH]c2c1=O. The number of nitrogens with one attached hydrogen (secondary N) is 2. The van der Waals surface area contributed by atoms with Crippen LogP contribution in [-0.2, 0) is 21.7 Å². The number of H-pyrrole nitrogens is 1. The van der Waals surface area contributed by atoms with Gasteiger partial charge in [0, 0.05) is 67.0 Å². The van der Waals surface area contributed by atoms with Crippen molar-refractivity contribution in [2.24, 2.45) is 12.5 Å². The Hall–Kier alpha value is -3.07. The van der Waals surface area contributed by atoms with Crippen molar-refractivity contribution in [2.45, 2.75) is 30.2 Å². The van der Waals surface area contributed by atoms with E-state index in [0.717, 1.165) is 61.0 Å². The van der Waals surface area contributed by atoms with Gasteiger partial charge in [0.25, 0.3) is 5.56 Å². The molecule has 9 heteroatoms. The second-order valence-corrected chi connectivity index (χ2v) is 11.1. The average Bonchev–Trinajstić information content (AvgIpc) is 3.19. The molecule has 8 nitrogen and oxygen atoms in total. The number of pyridine rings is 1. The third-order valence-corrected chi connectivity index (χ3v) is 8.25. The fraction of sp³-hybridized carbons (Fsp3) is 0.391. The number of hydrogen-bond donors (Lipinski definition) is 2. The Bertz CT molecular complexity index is 1380. The van der Waals surface area contributed by atoms with Gasteiger partial charge in [0.15, 0.2) is 9.84 Å². The number of carbonyl (C=O) groups excluding carboxylic acids is 1. The molecule has 5 rings (SSSR count). The molecule has 2 aromatic heterocycles. The van der Waals surface area contributed by atoms with Gasteiger partial charge in [-0.05, 0) is 48.9 Å². The van der Waals surface area contributed by atoms with Gasteiger partial charge in [-0.15, -0.1) is 0 Å². The molecule has 2 N–H and O–H groups in total. The van der Waals surface area contributed by atoms with E-state index in [2.05, 4.69) is 15.2 Å². The number of fused-ring (bicyclic) bond motifs is 1. The van der Waals surface area contributed by atoms with Crippen LogP contribution in [0.15, 0.2) is 46.3 Å². The molecule has 3 heterocycles. The minimum atomic E-state index is -3.40. The number of amides is 1. The Kier molecular flexibility index (Phi) is 4.70. The fourth-order valence-corrected chi connectivity index (χ4v) is 5.78. The number of hydrogen-bond acceptors (Lipinski definition) is 5. The Morgan fingerprint density at radius 1 is 1.19 bits per heavy atom. The number of piperidine rings is 1. The first-order valence-corrected chi connectivity index (χ1v) is 12.6. The molecule has 1 spiro atoms. The van der Waals surface area contributed by atoms with Gasteiger partial charge in [-0.2, -0.15) is 0 Å². The van der Waals surface area contributed by atoms with Gasteiger partial charge in [-0.1, -0.05) is 0 Å². The number of aryl methyl sites for hydroxylation is 1. The highest BCUT2D eigenvalue weighted by Crippen LogP contribution is 2.54. The smallest absolute Gasteiger partial charge is 0.274 e. The molecular formula is C23H26N4O4S. The second kappa shape index (κ2) is 7.23. The summed E-state index contributed by atoms with van der Waals surface area (Å²) in [5.41, 5.74) is 3.12. The van der Waals surface area contributed by atoms with E-state index in [-0.39, 0.29) is 21.9 Å². The number of sulfone groups is 1. The monoisotopic (exact) mass is 454 g/mol. The maximum absolute atomic E-state index is 12.5. The van der Waals surface area contributed by atoms with E-state index in [0.29, 0.717) is 5.52 Å². The van der Waals surface area contributed by atoms with Gasteiger partial charge in [-0.3, -0.25) is 9.59 Å². The van der Waals surface area contributed by atoms with Crippen LogP contribution in [0.5, 0.6) is 0 Å². The van der Waals surface area contributed by atoms with E-state index in [1.54, 1.807) is 31.6 Å². The first-order chi connectivity index (χ1) is 15.2. The maximum Gasteiger partial charge on any atom is 0.274 e. The molecule has 2 fully saturated rings. The van der Waals surface area contributed by atoms with Crippen molar-refractivity contribution in [3.63, 3.8) is 0 Å². The zero-order valence-electron chi connectivity index (χ0n) is 18.1. The van der Waals surface area contributed by atoms with Gasteiger partial charge in [0.05, 0.1) is 4.90 Å². The summed E-state index contributed by atoms with van der Waals surface area (Å²) < 4.78 is 26.2. The first-order valence-electron chi connectivity index (χ1n) is 10.7. The normalized spacial score (nSPS) is 19.9. The number of aromatic nitrogens is 2. The summed E-state index contributed by atoms with van der Waals surface area (Å²) in [5, 5.41) is 3.69. The van der Waals surface area contributed by atoms with Crippen molar-refractivity contribution in [1.82, 2.24) is 14.9 Å². The maximum atomic E-state index is 12.5. The van der Waals surface area contributed by atoms with Crippen molar-refractivity contribution in [2.75, 3.05) is 24.2 Å². The number of benzene rings is 1. The summed E-state index contributed by atoms with van der Waals surface area (Å²) in [4.78, 5) is 28.9. The zero-order valence-corrected chi connectivity index (χ0v) is 18.9. The number of nitrogens with zero attached hydrogens (tertiary/aromatic N) is 2. The summed E-state index contributed by atoms with van der Waals surface area (Å²) in [6.45, 7) is 1.65. The Balaban J connectivity index is 1.60. The van der Waals surface area contributed by atoms with Crippen LogP contribution in [0.3, 0.4) is 0 Å². The molecule has 1 aromatic carbocycles. The number of rotatable bonds is 5. The highest BCUT2D eigenvalue weighted by Gasteiger charge is 2.54. The Morgan fingerprint density at radius 2 is 1.94 bits per heavy atom. The van der Waals surface area contributed by atoms with E-state index in [1.165, 1.54) is 10.8 Å². The predicted molar refractivity (Wildman–Crippen MR) is 124 cm³/mol. The molecule has 1 saturated heterocycles. The minimum absolute atomic E-state index is 0.128. The number of aromatic amines is 1. The highest BCUT2D eigenvalue weighted by molar-refractivity contribution is 7.90. The lowest BCUT2D eigenvalue weighted by Gasteiger charge is -2.36. The molecule has 0 bridgehead atoms. The summed E-state index contributed by atoms with van der Waals surface area (Å²) in [5.74, 6) is 0. The van der Waals surface area contributed by atoms with E-state index in [1.807, 2.05) is 12.1 Å². The fourth-order valence-electron chi connectivity index (χ4n) is 5.13. The average molecular weight is 455 g/mol. The molecule has 1 aliphatic carbocycles. The largest absolute Gasteiger partial charge is 0.371 e. The second-order valence-electron chi connectivity index (χ2n) is 9.07. The van der Waals surface area contributed by atoms with Crippen molar-refractivity contribution in [3.8, 4) is 11.1 Å². The standard InChI is InChI=1S/C23H26N4O4S/c1-26-13-18(16-5-8-24-21(16)22(26)29)17-11-15(32(2,30)31)3-4-19(17)27-9-6-23(7-10-27)12-20(23)25-14-28/h3-5,8,11,13-14,20,24H,6-7,9-10,12H2,1-2H3,(H,25,28). The van der Waals surface area contributed by atoms with Gasteiger partial charge < -0.3 is 19.8 Å². The summed E-state index contributed by atoms with van der Waals surface area (Å²) in [7, 11) is -1.70. The molecule has 1 atom stereocenters. The van der Waals surface area contributed by atoms with Gasteiger partial charge in [-0.25, -0.2) is 8.42 Å². The van der Waals surface area contributed by atoms with Crippen LogP contribution < -0.4 is 15.8 Å². The molecule has 1 amide bonds. The lowest BCUT2D eigenvalue weighted by molar-refractivity contribution is -0.109.